The Hall–Kier alpha value is -1.82. The quantitative estimate of drug-likeness (QED) is 0.886. The van der Waals surface area contributed by atoms with Crippen LogP contribution in [0.4, 0.5) is 4.39 Å². The molecule has 94 valence electrons. The van der Waals surface area contributed by atoms with Crippen molar-refractivity contribution in [2.75, 3.05) is 0 Å². The van der Waals surface area contributed by atoms with Crippen LogP contribution in [0.3, 0.4) is 0 Å². The van der Waals surface area contributed by atoms with Crippen LogP contribution in [0, 0.1) is 12.7 Å². The summed E-state index contributed by atoms with van der Waals surface area (Å²) in [6, 6.07) is 5.59. The van der Waals surface area contributed by atoms with E-state index in [9.17, 15) is 4.39 Å². The lowest BCUT2D eigenvalue weighted by Crippen LogP contribution is -2.19. The van der Waals surface area contributed by atoms with Crippen molar-refractivity contribution in [1.29, 1.82) is 0 Å². The van der Waals surface area contributed by atoms with Gasteiger partial charge < -0.3 is 5.32 Å². The van der Waals surface area contributed by atoms with E-state index in [4.69, 9.17) is 0 Å². The van der Waals surface area contributed by atoms with Crippen molar-refractivity contribution >= 4 is 0 Å². The highest BCUT2D eigenvalue weighted by Gasteiger charge is 2.21. The minimum absolute atomic E-state index is 0.310. The molecule has 0 aliphatic heterocycles. The lowest BCUT2D eigenvalue weighted by molar-refractivity contribution is 0.590. The molecule has 2 aromatic rings. The average Bonchev–Trinajstić information content (AvgIpc) is 3.06. The largest absolute Gasteiger partial charge is 0.307 e. The molecule has 3 rings (SSSR count). The van der Waals surface area contributed by atoms with Crippen LogP contribution >= 0.6 is 0 Å². The van der Waals surface area contributed by atoms with Gasteiger partial charge in [-0.2, -0.15) is 4.68 Å². The second-order valence-corrected chi connectivity index (χ2v) is 4.62. The second kappa shape index (κ2) is 4.45. The molecule has 5 nitrogen and oxygen atoms in total. The van der Waals surface area contributed by atoms with Crippen molar-refractivity contribution in [2.24, 2.45) is 0 Å². The van der Waals surface area contributed by atoms with Crippen LogP contribution in [-0.2, 0) is 6.54 Å². The fraction of sp³-hybridized carbons (Fsp3) is 0.417. The lowest BCUT2D eigenvalue weighted by atomic mass is 10.2. The van der Waals surface area contributed by atoms with E-state index in [0.29, 0.717) is 24.1 Å². The standard InChI is InChI=1S/C12H14FN5/c1-8-2-5-11(10(13)6-8)18-12(15-16-17-18)7-14-9-3-4-9/h2,5-6,9,14H,3-4,7H2,1H3. The molecule has 6 heteroatoms. The molecule has 1 fully saturated rings. The third kappa shape index (κ3) is 2.24. The molecular weight excluding hydrogens is 233 g/mol. The first kappa shape index (κ1) is 11.3. The summed E-state index contributed by atoms with van der Waals surface area (Å²) in [6.45, 7) is 2.41. The normalized spacial score (nSPS) is 15.0. The minimum Gasteiger partial charge on any atom is -0.307 e. The fourth-order valence-electron chi connectivity index (χ4n) is 1.81. The summed E-state index contributed by atoms with van der Waals surface area (Å²) in [6.07, 6.45) is 2.39. The monoisotopic (exact) mass is 247 g/mol. The molecule has 0 atom stereocenters. The Balaban J connectivity index is 1.88. The molecule has 0 unspecified atom stereocenters. The first-order valence-electron chi connectivity index (χ1n) is 6.01. The Morgan fingerprint density at radius 2 is 2.28 bits per heavy atom. The lowest BCUT2D eigenvalue weighted by Gasteiger charge is -2.06. The summed E-state index contributed by atoms with van der Waals surface area (Å²) >= 11 is 0. The number of aryl methyl sites for hydroxylation is 1. The molecule has 0 spiro atoms. The van der Waals surface area contributed by atoms with Crippen LogP contribution in [-0.4, -0.2) is 26.2 Å². The van der Waals surface area contributed by atoms with Gasteiger partial charge in [-0.15, -0.1) is 5.10 Å². The predicted molar refractivity (Wildman–Crippen MR) is 63.7 cm³/mol. The van der Waals surface area contributed by atoms with Gasteiger partial charge in [0.2, 0.25) is 0 Å². The predicted octanol–water partition coefficient (Wildman–Crippen LogP) is 1.36. The summed E-state index contributed by atoms with van der Waals surface area (Å²) in [5.74, 6) is 0.319. The number of tetrazole rings is 1. The maximum atomic E-state index is 13.9. The number of nitrogens with zero attached hydrogens (tertiary/aromatic N) is 4. The molecule has 1 aliphatic rings. The van der Waals surface area contributed by atoms with Crippen LogP contribution in [0.15, 0.2) is 18.2 Å². The smallest absolute Gasteiger partial charge is 0.170 e. The van der Waals surface area contributed by atoms with Gasteiger partial charge in [-0.25, -0.2) is 4.39 Å². The van der Waals surface area contributed by atoms with Gasteiger partial charge in [0.25, 0.3) is 0 Å². The second-order valence-electron chi connectivity index (χ2n) is 4.62. The van der Waals surface area contributed by atoms with Gasteiger partial charge in [-0.05, 0) is 47.9 Å². The van der Waals surface area contributed by atoms with E-state index in [-0.39, 0.29) is 5.82 Å². The number of hydrogen-bond donors (Lipinski definition) is 1. The van der Waals surface area contributed by atoms with E-state index in [2.05, 4.69) is 20.8 Å². The van der Waals surface area contributed by atoms with Gasteiger partial charge in [-0.1, -0.05) is 6.07 Å². The Bertz CT molecular complexity index is 561. The molecule has 1 aromatic carbocycles. The van der Waals surface area contributed by atoms with E-state index in [1.165, 1.54) is 23.6 Å². The van der Waals surface area contributed by atoms with Crippen LogP contribution in [0.25, 0.3) is 5.69 Å². The zero-order chi connectivity index (χ0) is 12.5. The zero-order valence-electron chi connectivity index (χ0n) is 10.1. The van der Waals surface area contributed by atoms with Crippen molar-refractivity contribution in [3.63, 3.8) is 0 Å². The zero-order valence-corrected chi connectivity index (χ0v) is 10.1. The number of nitrogens with one attached hydrogen (secondary N) is 1. The molecule has 1 saturated carbocycles. The van der Waals surface area contributed by atoms with Crippen molar-refractivity contribution < 1.29 is 4.39 Å². The maximum Gasteiger partial charge on any atom is 0.170 e. The molecule has 0 bridgehead atoms. The molecule has 1 N–H and O–H groups in total. The fourth-order valence-corrected chi connectivity index (χ4v) is 1.81. The highest BCUT2D eigenvalue weighted by Crippen LogP contribution is 2.20. The summed E-state index contributed by atoms with van der Waals surface area (Å²) in [4.78, 5) is 0. The third-order valence-corrected chi connectivity index (χ3v) is 2.99. The SMILES string of the molecule is Cc1ccc(-n2nnnc2CNC2CC2)c(F)c1. The Morgan fingerprint density at radius 3 is 3.00 bits per heavy atom. The maximum absolute atomic E-state index is 13.9. The number of rotatable bonds is 4. The molecule has 1 aromatic heterocycles. The Labute approximate surface area is 104 Å². The van der Waals surface area contributed by atoms with Crippen LogP contribution in [0.5, 0.6) is 0 Å². The molecule has 1 aliphatic carbocycles. The van der Waals surface area contributed by atoms with Crippen molar-refractivity contribution in [3.05, 3.63) is 35.4 Å². The topological polar surface area (TPSA) is 55.6 Å². The molecule has 0 saturated heterocycles. The van der Waals surface area contributed by atoms with Crippen LogP contribution < -0.4 is 5.32 Å². The van der Waals surface area contributed by atoms with E-state index >= 15 is 0 Å². The number of benzene rings is 1. The van der Waals surface area contributed by atoms with Gasteiger partial charge in [0.05, 0.1) is 6.54 Å². The van der Waals surface area contributed by atoms with E-state index < -0.39 is 0 Å². The summed E-state index contributed by atoms with van der Waals surface area (Å²) in [5.41, 5.74) is 1.26. The van der Waals surface area contributed by atoms with Gasteiger partial charge in [-0.3, -0.25) is 0 Å². The van der Waals surface area contributed by atoms with Crippen LogP contribution in [0.2, 0.25) is 0 Å². The first-order valence-corrected chi connectivity index (χ1v) is 6.01. The van der Waals surface area contributed by atoms with Gasteiger partial charge in [0, 0.05) is 6.04 Å². The highest BCUT2D eigenvalue weighted by atomic mass is 19.1. The van der Waals surface area contributed by atoms with Crippen molar-refractivity contribution in [2.45, 2.75) is 32.4 Å². The summed E-state index contributed by atoms with van der Waals surface area (Å²) < 4.78 is 15.3. The van der Waals surface area contributed by atoms with Crippen molar-refractivity contribution in [1.82, 2.24) is 25.5 Å². The van der Waals surface area contributed by atoms with E-state index in [1.807, 2.05) is 13.0 Å². The minimum atomic E-state index is -0.310. The van der Waals surface area contributed by atoms with Gasteiger partial charge in [0.15, 0.2) is 5.82 Å². The summed E-state index contributed by atoms with van der Waals surface area (Å²) in [7, 11) is 0. The molecule has 1 heterocycles. The number of halogens is 1. The van der Waals surface area contributed by atoms with Gasteiger partial charge in [0.1, 0.15) is 11.5 Å². The van der Waals surface area contributed by atoms with Gasteiger partial charge >= 0.3 is 0 Å². The third-order valence-electron chi connectivity index (χ3n) is 2.99. The van der Waals surface area contributed by atoms with Crippen LogP contribution in [0.1, 0.15) is 24.2 Å². The van der Waals surface area contributed by atoms with E-state index in [1.54, 1.807) is 6.07 Å². The number of aromatic nitrogens is 4. The molecule has 0 amide bonds. The van der Waals surface area contributed by atoms with Crippen molar-refractivity contribution in [3.8, 4) is 5.69 Å². The number of hydrogen-bond acceptors (Lipinski definition) is 4. The Morgan fingerprint density at radius 1 is 1.44 bits per heavy atom. The first-order chi connectivity index (χ1) is 8.74. The highest BCUT2D eigenvalue weighted by molar-refractivity contribution is 5.35. The molecule has 0 radical (unpaired) electrons. The molecular formula is C12H14FN5. The molecule has 18 heavy (non-hydrogen) atoms. The average molecular weight is 247 g/mol. The summed E-state index contributed by atoms with van der Waals surface area (Å²) in [5, 5.41) is 14.7. The van der Waals surface area contributed by atoms with E-state index in [0.717, 1.165) is 5.56 Å². The Kier molecular flexibility index (Phi) is 2.79.